The molecule has 0 saturated heterocycles. The van der Waals surface area contributed by atoms with E-state index in [1.54, 1.807) is 29.8 Å². The first-order valence-electron chi connectivity index (χ1n) is 10.8. The smallest absolute Gasteiger partial charge is 0.489 e. The summed E-state index contributed by atoms with van der Waals surface area (Å²) in [5.74, 6) is -2.21. The zero-order valence-electron chi connectivity index (χ0n) is 20.3. The minimum atomic E-state index is -5.08. The molecule has 1 aliphatic heterocycles. The summed E-state index contributed by atoms with van der Waals surface area (Å²) in [6.45, 7) is 5.38. The molecule has 3 aromatic rings. The number of sulfonamides is 1. The van der Waals surface area contributed by atoms with Crippen molar-refractivity contribution in [2.24, 2.45) is 0 Å². The molecule has 2 aromatic carbocycles. The summed E-state index contributed by atoms with van der Waals surface area (Å²) >= 11 is 1.23. The van der Waals surface area contributed by atoms with Crippen LogP contribution in [-0.4, -0.2) is 57.9 Å². The molecule has 2 N–H and O–H groups in total. The predicted molar refractivity (Wildman–Crippen MR) is 136 cm³/mol. The van der Waals surface area contributed by atoms with E-state index in [1.165, 1.54) is 28.2 Å². The molecular formula is C23H25F3N4O5S2. The second-order valence-electron chi connectivity index (χ2n) is 8.20. The van der Waals surface area contributed by atoms with Gasteiger partial charge in [0, 0.05) is 43.1 Å². The van der Waals surface area contributed by atoms with E-state index in [4.69, 9.17) is 14.6 Å². The predicted octanol–water partition coefficient (Wildman–Crippen LogP) is 4.79. The van der Waals surface area contributed by atoms with Gasteiger partial charge in [-0.2, -0.15) is 13.2 Å². The number of carboxylic acid groups (broad SMARTS) is 1. The number of thiazole rings is 1. The number of carbonyl (C=O) groups is 1. The van der Waals surface area contributed by atoms with Crippen LogP contribution in [0.15, 0.2) is 46.8 Å². The molecule has 0 unspecified atom stereocenters. The Morgan fingerprint density at radius 1 is 1.19 bits per heavy atom. The SMILES string of the molecule is Cc1cc(N2CCOc3cc(S(=O)(=O)Nc4nccs4)ccc32)cc(C)c1N(C)C.O=C(O)C(F)(F)F. The monoisotopic (exact) mass is 558 g/mol. The van der Waals surface area contributed by atoms with Gasteiger partial charge in [-0.25, -0.2) is 18.2 Å². The summed E-state index contributed by atoms with van der Waals surface area (Å²) < 4.78 is 65.5. The molecule has 0 amide bonds. The molecule has 4 rings (SSSR count). The molecule has 0 atom stereocenters. The Labute approximate surface area is 216 Å². The van der Waals surface area contributed by atoms with Crippen molar-refractivity contribution in [3.05, 3.63) is 53.0 Å². The lowest BCUT2D eigenvalue weighted by atomic mass is 10.1. The third-order valence-electron chi connectivity index (χ3n) is 5.24. The third-order valence-corrected chi connectivity index (χ3v) is 7.39. The number of hydrogen-bond donors (Lipinski definition) is 2. The number of hydrogen-bond acceptors (Lipinski definition) is 8. The number of carboxylic acids is 1. The molecule has 14 heteroatoms. The molecular weight excluding hydrogens is 533 g/mol. The molecule has 0 fully saturated rings. The minimum Gasteiger partial charge on any atom is -0.489 e. The lowest BCUT2D eigenvalue weighted by Gasteiger charge is -2.33. The molecule has 1 aromatic heterocycles. The third kappa shape index (κ3) is 6.63. The summed E-state index contributed by atoms with van der Waals surface area (Å²) in [5.41, 5.74) is 5.51. The number of anilines is 4. The number of aliphatic carboxylic acids is 1. The summed E-state index contributed by atoms with van der Waals surface area (Å²) in [5, 5.41) is 9.18. The standard InChI is InChI=1S/C21H24N4O3S2.C2HF3O2/c1-14-11-16(12-15(2)20(14)24(3)4)25-8-9-28-19-13-17(5-6-18(19)25)30(26,27)23-21-22-7-10-29-21;3-2(4,5)1(6)7/h5-7,10-13H,8-9H2,1-4H3,(H,22,23);(H,6,7). The Morgan fingerprint density at radius 3 is 2.32 bits per heavy atom. The number of halogens is 3. The quantitative estimate of drug-likeness (QED) is 0.460. The highest BCUT2D eigenvalue weighted by Crippen LogP contribution is 2.40. The molecule has 0 saturated carbocycles. The van der Waals surface area contributed by atoms with Crippen LogP contribution in [0.1, 0.15) is 11.1 Å². The number of alkyl halides is 3. The van der Waals surface area contributed by atoms with Crippen molar-refractivity contribution in [1.29, 1.82) is 0 Å². The van der Waals surface area contributed by atoms with Crippen molar-refractivity contribution in [2.75, 3.05) is 41.8 Å². The van der Waals surface area contributed by atoms with E-state index in [0.717, 1.165) is 11.4 Å². The number of nitrogens with one attached hydrogen (secondary N) is 1. The number of ether oxygens (including phenoxy) is 1. The number of rotatable bonds is 5. The number of fused-ring (bicyclic) bond motifs is 1. The Kier molecular flexibility index (Phi) is 8.22. The van der Waals surface area contributed by atoms with Gasteiger partial charge in [-0.3, -0.25) is 4.72 Å². The van der Waals surface area contributed by atoms with E-state index in [-0.39, 0.29) is 4.90 Å². The Bertz CT molecular complexity index is 1350. The zero-order chi connectivity index (χ0) is 27.5. The average molecular weight is 559 g/mol. The fourth-order valence-electron chi connectivity index (χ4n) is 3.88. The van der Waals surface area contributed by atoms with Gasteiger partial charge < -0.3 is 19.6 Å². The first-order chi connectivity index (χ1) is 17.2. The van der Waals surface area contributed by atoms with Gasteiger partial charge in [0.25, 0.3) is 10.0 Å². The van der Waals surface area contributed by atoms with Gasteiger partial charge in [-0.15, -0.1) is 11.3 Å². The second kappa shape index (κ2) is 10.8. The van der Waals surface area contributed by atoms with Gasteiger partial charge in [-0.05, 0) is 49.2 Å². The summed E-state index contributed by atoms with van der Waals surface area (Å²) in [6.07, 6.45) is -3.53. The maximum Gasteiger partial charge on any atom is 0.490 e. The molecule has 37 heavy (non-hydrogen) atoms. The van der Waals surface area contributed by atoms with Crippen molar-refractivity contribution < 1.29 is 36.2 Å². The summed E-state index contributed by atoms with van der Waals surface area (Å²) in [6, 6.07) is 9.29. The first-order valence-corrected chi connectivity index (χ1v) is 13.1. The fourth-order valence-corrected chi connectivity index (χ4v) is 5.68. The van der Waals surface area contributed by atoms with Crippen molar-refractivity contribution >= 4 is 49.5 Å². The Morgan fingerprint density at radius 2 is 1.81 bits per heavy atom. The minimum absolute atomic E-state index is 0.147. The number of aromatic nitrogens is 1. The van der Waals surface area contributed by atoms with Crippen molar-refractivity contribution in [3.63, 3.8) is 0 Å². The Hall–Kier alpha value is -3.52. The van der Waals surface area contributed by atoms with Crippen LogP contribution in [0.5, 0.6) is 5.75 Å². The number of aryl methyl sites for hydroxylation is 2. The highest BCUT2D eigenvalue weighted by atomic mass is 32.2. The normalized spacial score (nSPS) is 13.1. The number of benzene rings is 2. The van der Waals surface area contributed by atoms with Crippen molar-refractivity contribution in [2.45, 2.75) is 24.9 Å². The van der Waals surface area contributed by atoms with Crippen LogP contribution in [0, 0.1) is 13.8 Å². The average Bonchev–Trinajstić information content (AvgIpc) is 3.29. The molecule has 0 radical (unpaired) electrons. The molecule has 200 valence electrons. The van der Waals surface area contributed by atoms with Crippen molar-refractivity contribution in [3.8, 4) is 5.75 Å². The molecule has 0 aliphatic carbocycles. The number of nitrogens with zero attached hydrogens (tertiary/aromatic N) is 3. The van der Waals surface area contributed by atoms with Gasteiger partial charge in [0.2, 0.25) is 0 Å². The van der Waals surface area contributed by atoms with Crippen LogP contribution >= 0.6 is 11.3 Å². The maximum atomic E-state index is 12.7. The van der Waals surface area contributed by atoms with E-state index in [2.05, 4.69) is 45.5 Å². The van der Waals surface area contributed by atoms with Crippen LogP contribution in [0.4, 0.5) is 35.4 Å². The largest absolute Gasteiger partial charge is 0.490 e. The van der Waals surface area contributed by atoms with Gasteiger partial charge in [0.1, 0.15) is 12.4 Å². The summed E-state index contributed by atoms with van der Waals surface area (Å²) in [4.78, 5) is 17.3. The van der Waals surface area contributed by atoms with Gasteiger partial charge in [0.15, 0.2) is 5.13 Å². The van der Waals surface area contributed by atoms with E-state index >= 15 is 0 Å². The molecule has 0 spiro atoms. The first kappa shape index (κ1) is 28.1. The topological polar surface area (TPSA) is 112 Å². The lowest BCUT2D eigenvalue weighted by molar-refractivity contribution is -0.192. The Balaban J connectivity index is 0.000000479. The lowest BCUT2D eigenvalue weighted by Crippen LogP contribution is -2.29. The van der Waals surface area contributed by atoms with E-state index in [9.17, 15) is 21.6 Å². The second-order valence-corrected chi connectivity index (χ2v) is 10.8. The fraction of sp³-hybridized carbons (Fsp3) is 0.304. The highest BCUT2D eigenvalue weighted by molar-refractivity contribution is 7.93. The van der Waals surface area contributed by atoms with E-state index in [0.29, 0.717) is 24.0 Å². The zero-order valence-corrected chi connectivity index (χ0v) is 22.0. The summed E-state index contributed by atoms with van der Waals surface area (Å²) in [7, 11) is 0.351. The molecule has 9 nitrogen and oxygen atoms in total. The molecule has 2 heterocycles. The van der Waals surface area contributed by atoms with E-state index in [1.807, 2.05) is 14.1 Å². The van der Waals surface area contributed by atoms with Crippen LogP contribution in [-0.2, 0) is 14.8 Å². The van der Waals surface area contributed by atoms with Gasteiger partial charge in [-0.1, -0.05) is 0 Å². The van der Waals surface area contributed by atoms with Crippen molar-refractivity contribution in [1.82, 2.24) is 4.98 Å². The molecule has 1 aliphatic rings. The van der Waals surface area contributed by atoms with Gasteiger partial charge in [0.05, 0.1) is 17.1 Å². The van der Waals surface area contributed by atoms with Gasteiger partial charge >= 0.3 is 12.1 Å². The van der Waals surface area contributed by atoms with Crippen LogP contribution in [0.25, 0.3) is 0 Å². The van der Waals surface area contributed by atoms with Crippen LogP contribution < -0.4 is 19.3 Å². The highest BCUT2D eigenvalue weighted by Gasteiger charge is 2.38. The maximum absolute atomic E-state index is 12.7. The van der Waals surface area contributed by atoms with E-state index < -0.39 is 22.2 Å². The molecule has 0 bridgehead atoms. The van der Waals surface area contributed by atoms with Crippen LogP contribution in [0.3, 0.4) is 0 Å². The van der Waals surface area contributed by atoms with Crippen LogP contribution in [0.2, 0.25) is 0 Å².